The van der Waals surface area contributed by atoms with Crippen LogP contribution in [0.5, 0.6) is 0 Å². The van der Waals surface area contributed by atoms with E-state index < -0.39 is 0 Å². The quantitative estimate of drug-likeness (QED) is 0.775. The molecule has 0 fully saturated rings. The number of hydrogen-bond acceptors (Lipinski definition) is 5. The monoisotopic (exact) mass is 302 g/mol. The lowest BCUT2D eigenvalue weighted by atomic mass is 10.2. The molecule has 3 rings (SSSR count). The van der Waals surface area contributed by atoms with Crippen molar-refractivity contribution in [3.05, 3.63) is 41.2 Å². The summed E-state index contributed by atoms with van der Waals surface area (Å²) in [6.45, 7) is 0.611. The molecule has 2 aromatic heterocycles. The van der Waals surface area contributed by atoms with Crippen LogP contribution in [0.3, 0.4) is 0 Å². The largest absolute Gasteiger partial charge is 0.371 e. The van der Waals surface area contributed by atoms with Crippen LogP contribution in [-0.4, -0.2) is 33.6 Å². The van der Waals surface area contributed by atoms with E-state index in [0.717, 1.165) is 21.7 Å². The van der Waals surface area contributed by atoms with Crippen molar-refractivity contribution in [3.8, 4) is 0 Å². The molecule has 0 unspecified atom stereocenters. The number of benzene rings is 1. The number of nitrogens with zero attached hydrogens (tertiary/aromatic N) is 4. The van der Waals surface area contributed by atoms with Crippen LogP contribution in [0.2, 0.25) is 5.02 Å². The molecule has 3 aromatic rings. The Bertz CT molecular complexity index is 782. The summed E-state index contributed by atoms with van der Waals surface area (Å²) >= 11 is 6.22. The molecular weight excluding hydrogens is 288 g/mol. The average molecular weight is 303 g/mol. The zero-order valence-electron chi connectivity index (χ0n) is 11.8. The Kier molecular flexibility index (Phi) is 3.62. The van der Waals surface area contributed by atoms with Gasteiger partial charge < -0.3 is 15.2 Å². The number of imidazole rings is 1. The minimum Gasteiger partial charge on any atom is -0.371 e. The highest BCUT2D eigenvalue weighted by Gasteiger charge is 2.12. The Hall–Kier alpha value is -2.34. The van der Waals surface area contributed by atoms with E-state index in [0.29, 0.717) is 18.3 Å². The number of nitrogens with one attached hydrogen (secondary N) is 2. The number of halogens is 1. The molecule has 0 saturated heterocycles. The maximum Gasteiger partial charge on any atom is 0.226 e. The molecule has 0 saturated carbocycles. The van der Waals surface area contributed by atoms with Gasteiger partial charge in [-0.25, -0.2) is 4.98 Å². The van der Waals surface area contributed by atoms with E-state index in [4.69, 9.17) is 11.6 Å². The Morgan fingerprint density at radius 3 is 2.67 bits per heavy atom. The van der Waals surface area contributed by atoms with Crippen LogP contribution in [0.15, 0.2) is 30.6 Å². The van der Waals surface area contributed by atoms with Gasteiger partial charge in [-0.3, -0.25) is 0 Å². The van der Waals surface area contributed by atoms with Crippen molar-refractivity contribution in [2.45, 2.75) is 6.54 Å². The second-order valence-corrected chi connectivity index (χ2v) is 4.94. The van der Waals surface area contributed by atoms with Gasteiger partial charge in [0.1, 0.15) is 0 Å². The SMILES string of the molecule is CNc1nc(NC)c2ncn(Cc3ccccc3Cl)c2n1. The number of anilines is 2. The van der Waals surface area contributed by atoms with Crippen molar-refractivity contribution in [2.24, 2.45) is 0 Å². The number of hydrogen-bond donors (Lipinski definition) is 2. The van der Waals surface area contributed by atoms with Gasteiger partial charge in [-0.15, -0.1) is 0 Å². The second kappa shape index (κ2) is 5.57. The lowest BCUT2D eigenvalue weighted by Gasteiger charge is -2.08. The fourth-order valence-corrected chi connectivity index (χ4v) is 2.35. The molecule has 6 nitrogen and oxygen atoms in total. The average Bonchev–Trinajstić information content (AvgIpc) is 2.91. The van der Waals surface area contributed by atoms with E-state index in [9.17, 15) is 0 Å². The minimum atomic E-state index is 0.549. The van der Waals surface area contributed by atoms with Crippen LogP contribution in [-0.2, 0) is 6.54 Å². The zero-order chi connectivity index (χ0) is 14.8. The highest BCUT2D eigenvalue weighted by molar-refractivity contribution is 6.31. The minimum absolute atomic E-state index is 0.549. The molecule has 1 aromatic carbocycles. The highest BCUT2D eigenvalue weighted by Crippen LogP contribution is 2.22. The van der Waals surface area contributed by atoms with E-state index in [1.165, 1.54) is 0 Å². The van der Waals surface area contributed by atoms with Crippen molar-refractivity contribution in [2.75, 3.05) is 24.7 Å². The molecule has 7 heteroatoms. The maximum atomic E-state index is 6.22. The second-order valence-electron chi connectivity index (χ2n) is 4.53. The summed E-state index contributed by atoms with van der Waals surface area (Å²) in [4.78, 5) is 13.2. The smallest absolute Gasteiger partial charge is 0.226 e. The molecule has 0 aliphatic rings. The Morgan fingerprint density at radius 1 is 1.14 bits per heavy atom. The molecule has 21 heavy (non-hydrogen) atoms. The molecule has 108 valence electrons. The summed E-state index contributed by atoms with van der Waals surface area (Å²) in [6, 6.07) is 7.75. The molecule has 0 spiro atoms. The molecule has 2 N–H and O–H groups in total. The Morgan fingerprint density at radius 2 is 1.95 bits per heavy atom. The predicted molar refractivity (Wildman–Crippen MR) is 85.0 cm³/mol. The number of aromatic nitrogens is 4. The fourth-order valence-electron chi connectivity index (χ4n) is 2.16. The van der Waals surface area contributed by atoms with Gasteiger partial charge in [0.2, 0.25) is 5.95 Å². The first kappa shape index (κ1) is 13.6. The van der Waals surface area contributed by atoms with Crippen molar-refractivity contribution < 1.29 is 0 Å². The topological polar surface area (TPSA) is 67.7 Å². The molecule has 0 aliphatic carbocycles. The summed E-state index contributed by atoms with van der Waals surface area (Å²) in [5.74, 6) is 1.25. The van der Waals surface area contributed by atoms with Crippen LogP contribution in [0, 0.1) is 0 Å². The van der Waals surface area contributed by atoms with Gasteiger partial charge in [-0.1, -0.05) is 29.8 Å². The van der Waals surface area contributed by atoms with Gasteiger partial charge in [0.05, 0.1) is 12.9 Å². The van der Waals surface area contributed by atoms with Gasteiger partial charge in [0.25, 0.3) is 0 Å². The fraction of sp³-hybridized carbons (Fsp3) is 0.214. The van der Waals surface area contributed by atoms with E-state index in [2.05, 4.69) is 25.6 Å². The summed E-state index contributed by atoms with van der Waals surface area (Å²) in [7, 11) is 3.60. The molecule has 0 aliphatic heterocycles. The van der Waals surface area contributed by atoms with Gasteiger partial charge in [0, 0.05) is 19.1 Å². The van der Waals surface area contributed by atoms with E-state index in [-0.39, 0.29) is 0 Å². The summed E-state index contributed by atoms with van der Waals surface area (Å²) < 4.78 is 1.96. The number of rotatable bonds is 4. The predicted octanol–water partition coefficient (Wildman–Crippen LogP) is 2.61. The molecule has 2 heterocycles. The number of fused-ring (bicyclic) bond motifs is 1. The van der Waals surface area contributed by atoms with Crippen LogP contribution < -0.4 is 10.6 Å². The third-order valence-electron chi connectivity index (χ3n) is 3.22. The van der Waals surface area contributed by atoms with E-state index >= 15 is 0 Å². The standard InChI is InChI=1S/C14H15ClN6/c1-16-12-11-13(20-14(17-2)19-12)21(8-18-11)7-9-5-3-4-6-10(9)15/h3-6,8H,7H2,1-2H3,(H2,16,17,19,20). The Balaban J connectivity index is 2.09. The molecule has 0 bridgehead atoms. The lowest BCUT2D eigenvalue weighted by molar-refractivity contribution is 0.814. The van der Waals surface area contributed by atoms with Crippen LogP contribution in [0.25, 0.3) is 11.2 Å². The normalized spacial score (nSPS) is 10.8. The van der Waals surface area contributed by atoms with Gasteiger partial charge in [-0.2, -0.15) is 9.97 Å². The van der Waals surface area contributed by atoms with Crippen molar-refractivity contribution in [1.29, 1.82) is 0 Å². The van der Waals surface area contributed by atoms with Crippen LogP contribution in [0.4, 0.5) is 11.8 Å². The first-order valence-corrected chi connectivity index (χ1v) is 6.92. The third kappa shape index (κ3) is 2.50. The zero-order valence-corrected chi connectivity index (χ0v) is 12.5. The van der Waals surface area contributed by atoms with E-state index in [1.54, 1.807) is 13.4 Å². The third-order valence-corrected chi connectivity index (χ3v) is 3.59. The lowest BCUT2D eigenvalue weighted by Crippen LogP contribution is -2.05. The summed E-state index contributed by atoms with van der Waals surface area (Å²) in [5, 5.41) is 6.73. The molecule has 0 amide bonds. The molecule has 0 radical (unpaired) electrons. The first-order valence-electron chi connectivity index (χ1n) is 6.54. The van der Waals surface area contributed by atoms with Crippen molar-refractivity contribution in [3.63, 3.8) is 0 Å². The summed E-state index contributed by atoms with van der Waals surface area (Å²) in [6.07, 6.45) is 1.75. The highest BCUT2D eigenvalue weighted by atomic mass is 35.5. The van der Waals surface area contributed by atoms with E-state index in [1.807, 2.05) is 35.9 Å². The first-order chi connectivity index (χ1) is 10.2. The van der Waals surface area contributed by atoms with Gasteiger partial charge in [-0.05, 0) is 11.6 Å². The van der Waals surface area contributed by atoms with Crippen molar-refractivity contribution in [1.82, 2.24) is 19.5 Å². The maximum absolute atomic E-state index is 6.22. The van der Waals surface area contributed by atoms with Gasteiger partial charge >= 0.3 is 0 Å². The van der Waals surface area contributed by atoms with Gasteiger partial charge in [0.15, 0.2) is 17.0 Å². The van der Waals surface area contributed by atoms with Crippen LogP contribution >= 0.6 is 11.6 Å². The summed E-state index contributed by atoms with van der Waals surface area (Å²) in [5.41, 5.74) is 2.52. The Labute approximate surface area is 127 Å². The molecule has 0 atom stereocenters. The van der Waals surface area contributed by atoms with Crippen LogP contribution in [0.1, 0.15) is 5.56 Å². The van der Waals surface area contributed by atoms with Crippen molar-refractivity contribution >= 4 is 34.5 Å². The molecular formula is C14H15ClN6.